The zero-order valence-electron chi connectivity index (χ0n) is 9.00. The van der Waals surface area contributed by atoms with Gasteiger partial charge >= 0.3 is 0 Å². The number of hydrogen-bond donors (Lipinski definition) is 1. The van der Waals surface area contributed by atoms with Crippen LogP contribution in [0.25, 0.3) is 0 Å². The molecule has 88 valence electrons. The van der Waals surface area contributed by atoms with Crippen LogP contribution < -0.4 is 5.90 Å². The Morgan fingerprint density at radius 3 is 2.81 bits per heavy atom. The molecule has 2 bridgehead atoms. The van der Waals surface area contributed by atoms with E-state index in [1.165, 1.54) is 0 Å². The summed E-state index contributed by atoms with van der Waals surface area (Å²) in [4.78, 5) is 13.6. The first kappa shape index (κ1) is 10.2. The molecule has 7 heteroatoms. The quantitative estimate of drug-likeness (QED) is 0.670. The molecular weight excluding hydrogens is 210 g/mol. The molecule has 3 saturated heterocycles. The lowest BCUT2D eigenvalue weighted by Gasteiger charge is -2.46. The first-order valence-electron chi connectivity index (χ1n) is 5.47. The van der Waals surface area contributed by atoms with Crippen molar-refractivity contribution in [2.75, 3.05) is 32.7 Å². The number of aromatic nitrogens is 2. The minimum Gasteiger partial charge on any atom is -0.337 e. The second kappa shape index (κ2) is 4.10. The monoisotopic (exact) mass is 225 g/mol. The van der Waals surface area contributed by atoms with Gasteiger partial charge in [-0.25, -0.2) is 5.90 Å². The molecule has 2 N–H and O–H groups in total. The summed E-state index contributed by atoms with van der Waals surface area (Å²) in [6, 6.07) is 0.262. The fourth-order valence-corrected chi connectivity index (χ4v) is 2.40. The van der Waals surface area contributed by atoms with Gasteiger partial charge in [0.25, 0.3) is 5.89 Å². The summed E-state index contributed by atoms with van der Waals surface area (Å²) in [6.07, 6.45) is 0. The Balaban J connectivity index is 1.76. The molecule has 3 aliphatic rings. The molecular formula is C9H15N5O2. The zero-order chi connectivity index (χ0) is 11.0. The van der Waals surface area contributed by atoms with Crippen LogP contribution in [0.2, 0.25) is 0 Å². The molecule has 0 spiro atoms. The SMILES string of the molecule is NOCc1nc(C2CN3CCN2CC3)no1. The van der Waals surface area contributed by atoms with E-state index in [2.05, 4.69) is 24.8 Å². The highest BCUT2D eigenvalue weighted by molar-refractivity contribution is 5.01. The van der Waals surface area contributed by atoms with E-state index in [0.29, 0.717) is 5.89 Å². The van der Waals surface area contributed by atoms with Crippen molar-refractivity contribution in [2.24, 2.45) is 5.90 Å². The zero-order valence-corrected chi connectivity index (χ0v) is 9.00. The molecule has 4 rings (SSSR count). The van der Waals surface area contributed by atoms with Crippen LogP contribution in [0.15, 0.2) is 4.52 Å². The minimum absolute atomic E-state index is 0.170. The smallest absolute Gasteiger partial charge is 0.254 e. The van der Waals surface area contributed by atoms with Crippen molar-refractivity contribution in [3.05, 3.63) is 11.7 Å². The van der Waals surface area contributed by atoms with Crippen LogP contribution in [0.3, 0.4) is 0 Å². The van der Waals surface area contributed by atoms with Gasteiger partial charge in [0.1, 0.15) is 6.61 Å². The molecule has 0 aromatic carbocycles. The number of rotatable bonds is 3. The van der Waals surface area contributed by atoms with Gasteiger partial charge < -0.3 is 4.52 Å². The van der Waals surface area contributed by atoms with E-state index >= 15 is 0 Å². The van der Waals surface area contributed by atoms with Crippen LogP contribution in [0.4, 0.5) is 0 Å². The van der Waals surface area contributed by atoms with E-state index in [9.17, 15) is 0 Å². The lowest BCUT2D eigenvalue weighted by atomic mass is 10.1. The van der Waals surface area contributed by atoms with Crippen molar-refractivity contribution < 1.29 is 9.36 Å². The highest BCUT2D eigenvalue weighted by Crippen LogP contribution is 2.26. The minimum atomic E-state index is 0.170. The molecule has 0 amide bonds. The lowest BCUT2D eigenvalue weighted by Crippen LogP contribution is -2.57. The van der Waals surface area contributed by atoms with E-state index in [4.69, 9.17) is 10.4 Å². The molecule has 16 heavy (non-hydrogen) atoms. The fourth-order valence-electron chi connectivity index (χ4n) is 2.40. The molecule has 3 aliphatic heterocycles. The average Bonchev–Trinajstić information content (AvgIpc) is 2.80. The van der Waals surface area contributed by atoms with Crippen molar-refractivity contribution in [1.82, 2.24) is 19.9 Å². The van der Waals surface area contributed by atoms with Crippen LogP contribution in [0, 0.1) is 0 Å². The van der Waals surface area contributed by atoms with Gasteiger partial charge in [-0.2, -0.15) is 4.98 Å². The van der Waals surface area contributed by atoms with Crippen LogP contribution in [0.5, 0.6) is 0 Å². The molecule has 0 aliphatic carbocycles. The molecule has 1 aromatic rings. The van der Waals surface area contributed by atoms with Gasteiger partial charge in [-0.05, 0) is 0 Å². The summed E-state index contributed by atoms with van der Waals surface area (Å²) in [6.45, 7) is 5.62. The second-order valence-electron chi connectivity index (χ2n) is 4.21. The summed E-state index contributed by atoms with van der Waals surface area (Å²) in [5.41, 5.74) is 0. The van der Waals surface area contributed by atoms with E-state index in [0.717, 1.165) is 38.5 Å². The number of hydrogen-bond acceptors (Lipinski definition) is 7. The van der Waals surface area contributed by atoms with Crippen LogP contribution in [0.1, 0.15) is 17.8 Å². The van der Waals surface area contributed by atoms with Crippen molar-refractivity contribution in [3.8, 4) is 0 Å². The number of nitrogens with zero attached hydrogens (tertiary/aromatic N) is 4. The maximum atomic E-state index is 5.05. The van der Waals surface area contributed by atoms with Gasteiger partial charge in [-0.15, -0.1) is 0 Å². The van der Waals surface area contributed by atoms with Crippen LogP contribution >= 0.6 is 0 Å². The van der Waals surface area contributed by atoms with E-state index < -0.39 is 0 Å². The van der Waals surface area contributed by atoms with Crippen LogP contribution in [-0.2, 0) is 11.4 Å². The van der Waals surface area contributed by atoms with Gasteiger partial charge in [0.05, 0.1) is 6.04 Å². The third kappa shape index (κ3) is 1.71. The molecule has 0 saturated carbocycles. The molecule has 0 radical (unpaired) electrons. The normalized spacial score (nSPS) is 33.2. The largest absolute Gasteiger partial charge is 0.337 e. The Hall–Kier alpha value is -1.02. The van der Waals surface area contributed by atoms with E-state index in [1.807, 2.05) is 0 Å². The Labute approximate surface area is 93.1 Å². The van der Waals surface area contributed by atoms with E-state index in [1.54, 1.807) is 0 Å². The Morgan fingerprint density at radius 1 is 1.38 bits per heavy atom. The predicted molar refractivity (Wildman–Crippen MR) is 54.0 cm³/mol. The van der Waals surface area contributed by atoms with Crippen molar-refractivity contribution in [1.29, 1.82) is 0 Å². The number of nitrogens with two attached hydrogens (primary N) is 1. The maximum Gasteiger partial charge on any atom is 0.254 e. The highest BCUT2D eigenvalue weighted by Gasteiger charge is 2.35. The van der Waals surface area contributed by atoms with E-state index in [-0.39, 0.29) is 12.6 Å². The Morgan fingerprint density at radius 2 is 2.19 bits per heavy atom. The third-order valence-electron chi connectivity index (χ3n) is 3.27. The van der Waals surface area contributed by atoms with Gasteiger partial charge in [0.2, 0.25) is 0 Å². The van der Waals surface area contributed by atoms with Crippen LogP contribution in [-0.4, -0.2) is 52.7 Å². The molecule has 3 fully saturated rings. The first-order chi connectivity index (χ1) is 7.86. The first-order valence-corrected chi connectivity index (χ1v) is 5.47. The van der Waals surface area contributed by atoms with Gasteiger partial charge in [-0.3, -0.25) is 14.6 Å². The number of piperazine rings is 3. The summed E-state index contributed by atoms with van der Waals surface area (Å²) < 4.78 is 5.05. The summed E-state index contributed by atoms with van der Waals surface area (Å²) in [5.74, 6) is 6.15. The lowest BCUT2D eigenvalue weighted by molar-refractivity contribution is 0.00780. The Bertz CT molecular complexity index is 361. The molecule has 1 atom stereocenters. The number of fused-ring (bicyclic) bond motifs is 3. The predicted octanol–water partition coefficient (Wildman–Crippen LogP) is -0.868. The summed E-state index contributed by atoms with van der Waals surface area (Å²) >= 11 is 0. The van der Waals surface area contributed by atoms with Gasteiger partial charge in [-0.1, -0.05) is 5.16 Å². The van der Waals surface area contributed by atoms with Crippen molar-refractivity contribution >= 4 is 0 Å². The van der Waals surface area contributed by atoms with Gasteiger partial charge in [0.15, 0.2) is 5.82 Å². The van der Waals surface area contributed by atoms with Gasteiger partial charge in [0, 0.05) is 32.7 Å². The average molecular weight is 225 g/mol. The molecule has 7 nitrogen and oxygen atoms in total. The second-order valence-corrected chi connectivity index (χ2v) is 4.21. The highest BCUT2D eigenvalue weighted by atomic mass is 16.6. The standard InChI is InChI=1S/C9H15N5O2/c10-15-6-8-11-9(12-16-8)7-5-13-1-3-14(7)4-2-13/h7H,1-6,10H2. The summed E-state index contributed by atoms with van der Waals surface area (Å²) in [5, 5.41) is 3.99. The van der Waals surface area contributed by atoms with Crippen molar-refractivity contribution in [2.45, 2.75) is 12.6 Å². The topological polar surface area (TPSA) is 80.7 Å². The summed E-state index contributed by atoms with van der Waals surface area (Å²) in [7, 11) is 0. The Kier molecular flexibility index (Phi) is 2.60. The fraction of sp³-hybridized carbons (Fsp3) is 0.778. The third-order valence-corrected chi connectivity index (χ3v) is 3.27. The molecule has 1 aromatic heterocycles. The molecule has 1 unspecified atom stereocenters. The molecule has 4 heterocycles. The van der Waals surface area contributed by atoms with Crippen molar-refractivity contribution in [3.63, 3.8) is 0 Å². The maximum absolute atomic E-state index is 5.05.